The first-order valence-electron chi connectivity index (χ1n) is 5.45. The number of benzene rings is 1. The maximum Gasteiger partial charge on any atom is 0.446 e. The number of Topliss-reactive ketones (excluding diaryl/α,β-unsaturated/α-hetero) is 1. The molecule has 0 aromatic heterocycles. The zero-order valence-corrected chi connectivity index (χ0v) is 12.7. The number of ketones is 1. The summed E-state index contributed by atoms with van der Waals surface area (Å²) in [6, 6.07) is 3.95. The normalized spacial score (nSPS) is 13.2. The summed E-state index contributed by atoms with van der Waals surface area (Å²) in [5.41, 5.74) is -4.20. The molecule has 0 radical (unpaired) electrons. The zero-order valence-electron chi connectivity index (χ0n) is 10.3. The number of carbonyl (C=O) groups excluding carboxylic acids is 1. The minimum Gasteiger partial charge on any atom is -0.494 e. The van der Waals surface area contributed by atoms with E-state index in [9.17, 15) is 18.0 Å². The smallest absolute Gasteiger partial charge is 0.446 e. The zero-order chi connectivity index (χ0) is 14.6. The maximum atomic E-state index is 12.4. The quantitative estimate of drug-likeness (QED) is 0.436. The van der Waals surface area contributed by atoms with Gasteiger partial charge in [-0.2, -0.15) is 13.2 Å². The fraction of sp³-hybridized carbons (Fsp3) is 0.417. The number of ether oxygens (including phenoxy) is 1. The number of hydrogen-bond acceptors (Lipinski definition) is 3. The van der Waals surface area contributed by atoms with Crippen LogP contribution in [0.15, 0.2) is 23.1 Å². The minimum absolute atomic E-state index is 0.0602. The molecule has 19 heavy (non-hydrogen) atoms. The molecule has 0 aliphatic rings. The highest BCUT2D eigenvalue weighted by Gasteiger charge is 2.30. The minimum atomic E-state index is -4.40. The molecule has 7 heteroatoms. The lowest BCUT2D eigenvalue weighted by Crippen LogP contribution is -2.10. The van der Waals surface area contributed by atoms with Gasteiger partial charge in [0.1, 0.15) is 5.75 Å². The molecule has 2 nitrogen and oxygen atoms in total. The van der Waals surface area contributed by atoms with Gasteiger partial charge in [-0.3, -0.25) is 4.79 Å². The first-order valence-corrected chi connectivity index (χ1v) is 7.18. The van der Waals surface area contributed by atoms with E-state index in [4.69, 9.17) is 4.74 Å². The van der Waals surface area contributed by atoms with Crippen LogP contribution in [0.1, 0.15) is 24.2 Å². The van der Waals surface area contributed by atoms with Crippen molar-refractivity contribution in [2.24, 2.45) is 0 Å². The molecule has 0 aliphatic heterocycles. The van der Waals surface area contributed by atoms with Crippen LogP contribution < -0.4 is 4.74 Å². The van der Waals surface area contributed by atoms with Crippen molar-refractivity contribution in [1.82, 2.24) is 0 Å². The molecule has 0 bridgehead atoms. The van der Waals surface area contributed by atoms with Crippen LogP contribution in [0.4, 0.5) is 13.2 Å². The van der Waals surface area contributed by atoms with Crippen molar-refractivity contribution in [3.63, 3.8) is 0 Å². The van der Waals surface area contributed by atoms with E-state index in [0.29, 0.717) is 6.61 Å². The molecule has 106 valence electrons. The van der Waals surface area contributed by atoms with Crippen LogP contribution >= 0.6 is 27.7 Å². The van der Waals surface area contributed by atoms with E-state index in [2.05, 4.69) is 15.9 Å². The van der Waals surface area contributed by atoms with Crippen molar-refractivity contribution in [2.45, 2.75) is 29.1 Å². The number of hydrogen-bond donors (Lipinski definition) is 0. The van der Waals surface area contributed by atoms with Crippen LogP contribution in [0, 0.1) is 0 Å². The van der Waals surface area contributed by atoms with Crippen LogP contribution in [0.5, 0.6) is 5.75 Å². The molecule has 1 aromatic carbocycles. The van der Waals surface area contributed by atoms with Crippen LogP contribution in [-0.4, -0.2) is 22.7 Å². The summed E-state index contributed by atoms with van der Waals surface area (Å²) in [7, 11) is 0. The predicted octanol–water partition coefficient (Wildman–Crippen LogP) is 4.66. The molecule has 0 aliphatic carbocycles. The summed E-state index contributed by atoms with van der Waals surface area (Å²) >= 11 is 2.84. The molecule has 1 rings (SSSR count). The molecule has 1 aromatic rings. The molecular formula is C12H12BrF3O2S. The van der Waals surface area contributed by atoms with Gasteiger partial charge in [0.2, 0.25) is 0 Å². The van der Waals surface area contributed by atoms with Crippen molar-refractivity contribution in [1.29, 1.82) is 0 Å². The SMILES string of the molecule is CCOc1cc(SC(F)(F)F)cc(C(=O)C(C)Br)c1. The fourth-order valence-corrected chi connectivity index (χ4v) is 2.28. The van der Waals surface area contributed by atoms with Crippen LogP contribution in [0.2, 0.25) is 0 Å². The second-order valence-corrected chi connectivity index (χ2v) is 6.17. The van der Waals surface area contributed by atoms with Gasteiger partial charge < -0.3 is 4.74 Å². The third-order valence-corrected chi connectivity index (χ3v) is 3.19. The number of rotatable bonds is 5. The number of halogens is 4. The van der Waals surface area contributed by atoms with Crippen LogP contribution in [0.25, 0.3) is 0 Å². The highest BCUT2D eigenvalue weighted by atomic mass is 79.9. The topological polar surface area (TPSA) is 26.3 Å². The summed E-state index contributed by atoms with van der Waals surface area (Å²) in [6.45, 7) is 3.65. The third kappa shape index (κ3) is 5.44. The molecule has 0 fully saturated rings. The second-order valence-electron chi connectivity index (χ2n) is 3.65. The maximum absolute atomic E-state index is 12.4. The van der Waals surface area contributed by atoms with Crippen LogP contribution in [-0.2, 0) is 0 Å². The van der Waals surface area contributed by atoms with Crippen molar-refractivity contribution < 1.29 is 22.7 Å². The van der Waals surface area contributed by atoms with Crippen molar-refractivity contribution >= 4 is 33.5 Å². The largest absolute Gasteiger partial charge is 0.494 e. The molecular weight excluding hydrogens is 345 g/mol. The summed E-state index contributed by atoms with van der Waals surface area (Å²) in [5, 5.41) is 0. The number of alkyl halides is 4. The molecule has 0 N–H and O–H groups in total. The standard InChI is InChI=1S/C12H12BrF3O2S/c1-3-18-9-4-8(11(17)7(2)13)5-10(6-9)19-12(14,15)16/h4-7H,3H2,1-2H3. The molecule has 0 saturated carbocycles. The number of thioether (sulfide) groups is 1. The Hall–Kier alpha value is -0.690. The number of carbonyl (C=O) groups is 1. The highest BCUT2D eigenvalue weighted by molar-refractivity contribution is 9.10. The Morgan fingerprint density at radius 1 is 1.42 bits per heavy atom. The van der Waals surface area contributed by atoms with E-state index in [0.717, 1.165) is 0 Å². The molecule has 0 spiro atoms. The summed E-state index contributed by atoms with van der Waals surface area (Å²) in [5.74, 6) is -0.0289. The van der Waals surface area contributed by atoms with Gasteiger partial charge in [-0.05, 0) is 43.8 Å². The Morgan fingerprint density at radius 2 is 2.05 bits per heavy atom. The predicted molar refractivity (Wildman–Crippen MR) is 72.2 cm³/mol. The molecule has 0 heterocycles. The highest BCUT2D eigenvalue weighted by Crippen LogP contribution is 2.38. The molecule has 0 amide bonds. The van der Waals surface area contributed by atoms with Gasteiger partial charge in [-0.25, -0.2) is 0 Å². The molecule has 0 saturated heterocycles. The van der Waals surface area contributed by atoms with Gasteiger partial charge in [0, 0.05) is 10.5 Å². The van der Waals surface area contributed by atoms with E-state index in [1.807, 2.05) is 0 Å². The Bertz CT molecular complexity index is 461. The fourth-order valence-electron chi connectivity index (χ4n) is 1.39. The van der Waals surface area contributed by atoms with Crippen molar-refractivity contribution in [3.8, 4) is 5.75 Å². The molecule has 1 unspecified atom stereocenters. The monoisotopic (exact) mass is 356 g/mol. The summed E-state index contributed by atoms with van der Waals surface area (Å²) in [4.78, 5) is 11.3. The Labute approximate surface area is 121 Å². The molecule has 1 atom stereocenters. The van der Waals surface area contributed by atoms with E-state index in [-0.39, 0.29) is 33.8 Å². The first kappa shape index (κ1) is 16.4. The Balaban J connectivity index is 3.14. The van der Waals surface area contributed by atoms with Gasteiger partial charge >= 0.3 is 5.51 Å². The van der Waals surface area contributed by atoms with Gasteiger partial charge in [0.25, 0.3) is 0 Å². The van der Waals surface area contributed by atoms with Crippen molar-refractivity contribution in [3.05, 3.63) is 23.8 Å². The van der Waals surface area contributed by atoms with Gasteiger partial charge in [0.15, 0.2) is 5.78 Å². The summed E-state index contributed by atoms with van der Waals surface area (Å²) < 4.78 is 42.3. The van der Waals surface area contributed by atoms with E-state index >= 15 is 0 Å². The average Bonchev–Trinajstić information content (AvgIpc) is 2.25. The average molecular weight is 357 g/mol. The van der Waals surface area contributed by atoms with Gasteiger partial charge in [-0.15, -0.1) is 0 Å². The second kappa shape index (κ2) is 6.65. The first-order chi connectivity index (χ1) is 8.73. The van der Waals surface area contributed by atoms with Gasteiger partial charge in [-0.1, -0.05) is 15.9 Å². The van der Waals surface area contributed by atoms with E-state index in [1.54, 1.807) is 13.8 Å². The lowest BCUT2D eigenvalue weighted by atomic mass is 10.1. The van der Waals surface area contributed by atoms with E-state index < -0.39 is 10.3 Å². The Kier molecular flexibility index (Phi) is 5.73. The summed E-state index contributed by atoms with van der Waals surface area (Å²) in [6.07, 6.45) is 0. The van der Waals surface area contributed by atoms with Gasteiger partial charge in [0.05, 0.1) is 11.4 Å². The third-order valence-electron chi connectivity index (χ3n) is 2.07. The Morgan fingerprint density at radius 3 is 2.53 bits per heavy atom. The lowest BCUT2D eigenvalue weighted by molar-refractivity contribution is -0.0328. The van der Waals surface area contributed by atoms with Crippen LogP contribution in [0.3, 0.4) is 0 Å². The van der Waals surface area contributed by atoms with E-state index in [1.165, 1.54) is 18.2 Å². The van der Waals surface area contributed by atoms with Crippen molar-refractivity contribution in [2.75, 3.05) is 6.61 Å². The lowest BCUT2D eigenvalue weighted by Gasteiger charge is -2.11.